The van der Waals surface area contributed by atoms with Gasteiger partial charge in [-0.15, -0.1) is 0 Å². The molecular weight excluding hydrogens is 218 g/mol. The Morgan fingerprint density at radius 3 is 2.47 bits per heavy atom. The minimum atomic E-state index is 0.113. The zero-order valence-electron chi connectivity index (χ0n) is 10.4. The Kier molecular flexibility index (Phi) is 3.99. The predicted octanol–water partition coefficient (Wildman–Crippen LogP) is -0.323. The molecule has 1 atom stereocenters. The predicted molar refractivity (Wildman–Crippen MR) is 64.4 cm³/mol. The van der Waals surface area contributed by atoms with Crippen molar-refractivity contribution in [3.63, 3.8) is 0 Å². The standard InChI is InChI=1S/C12H21N3O2/c1-10(16)14-5-2-6-15(8-7-14)12(17)11-3-4-13-9-11/h11,13H,2-9H2,1H3. The van der Waals surface area contributed by atoms with Gasteiger partial charge in [0.2, 0.25) is 11.8 Å². The van der Waals surface area contributed by atoms with Crippen molar-refractivity contribution in [3.8, 4) is 0 Å². The second-order valence-corrected chi connectivity index (χ2v) is 4.87. The van der Waals surface area contributed by atoms with E-state index in [4.69, 9.17) is 0 Å². The summed E-state index contributed by atoms with van der Waals surface area (Å²) in [6.45, 7) is 6.30. The number of rotatable bonds is 1. The van der Waals surface area contributed by atoms with Crippen molar-refractivity contribution in [2.24, 2.45) is 5.92 Å². The highest BCUT2D eigenvalue weighted by atomic mass is 16.2. The van der Waals surface area contributed by atoms with Gasteiger partial charge in [-0.05, 0) is 19.4 Å². The van der Waals surface area contributed by atoms with Crippen LogP contribution in [0.3, 0.4) is 0 Å². The first kappa shape index (κ1) is 12.4. The van der Waals surface area contributed by atoms with Gasteiger partial charge in [0, 0.05) is 39.6 Å². The summed E-state index contributed by atoms with van der Waals surface area (Å²) in [7, 11) is 0. The Bertz CT molecular complexity index is 300. The fraction of sp³-hybridized carbons (Fsp3) is 0.833. The molecule has 2 saturated heterocycles. The van der Waals surface area contributed by atoms with Gasteiger partial charge in [-0.2, -0.15) is 0 Å². The molecule has 2 fully saturated rings. The molecule has 0 saturated carbocycles. The SMILES string of the molecule is CC(=O)N1CCCN(C(=O)C2CCNC2)CC1. The molecule has 0 radical (unpaired) electrons. The first-order valence-corrected chi connectivity index (χ1v) is 6.43. The molecule has 0 aromatic heterocycles. The quantitative estimate of drug-likeness (QED) is 0.682. The summed E-state index contributed by atoms with van der Waals surface area (Å²) in [5, 5.41) is 3.22. The fourth-order valence-electron chi connectivity index (χ4n) is 2.58. The average molecular weight is 239 g/mol. The van der Waals surface area contributed by atoms with Gasteiger partial charge in [0.05, 0.1) is 5.92 Å². The summed E-state index contributed by atoms with van der Waals surface area (Å²) >= 11 is 0. The minimum Gasteiger partial charge on any atom is -0.341 e. The van der Waals surface area contributed by atoms with Crippen molar-refractivity contribution in [1.82, 2.24) is 15.1 Å². The Morgan fingerprint density at radius 1 is 1.12 bits per heavy atom. The Balaban J connectivity index is 1.89. The van der Waals surface area contributed by atoms with E-state index in [1.54, 1.807) is 6.92 Å². The maximum absolute atomic E-state index is 12.2. The molecule has 0 bridgehead atoms. The third-order valence-electron chi connectivity index (χ3n) is 3.66. The topological polar surface area (TPSA) is 52.7 Å². The van der Waals surface area contributed by atoms with Gasteiger partial charge in [0.25, 0.3) is 0 Å². The van der Waals surface area contributed by atoms with Gasteiger partial charge in [-0.3, -0.25) is 9.59 Å². The summed E-state index contributed by atoms with van der Waals surface area (Å²) in [4.78, 5) is 27.3. The highest BCUT2D eigenvalue weighted by Crippen LogP contribution is 2.13. The monoisotopic (exact) mass is 239 g/mol. The second kappa shape index (κ2) is 5.49. The van der Waals surface area contributed by atoms with Crippen molar-refractivity contribution in [1.29, 1.82) is 0 Å². The van der Waals surface area contributed by atoms with E-state index in [-0.39, 0.29) is 17.7 Å². The zero-order chi connectivity index (χ0) is 12.3. The van der Waals surface area contributed by atoms with Crippen molar-refractivity contribution in [3.05, 3.63) is 0 Å². The van der Waals surface area contributed by atoms with Crippen LogP contribution in [0.4, 0.5) is 0 Å². The van der Waals surface area contributed by atoms with Gasteiger partial charge in [-0.25, -0.2) is 0 Å². The summed E-state index contributed by atoms with van der Waals surface area (Å²) in [6.07, 6.45) is 1.84. The summed E-state index contributed by atoms with van der Waals surface area (Å²) < 4.78 is 0. The lowest BCUT2D eigenvalue weighted by Crippen LogP contribution is -2.40. The molecule has 2 amide bonds. The molecule has 17 heavy (non-hydrogen) atoms. The Hall–Kier alpha value is -1.10. The summed E-state index contributed by atoms with van der Waals surface area (Å²) in [5.41, 5.74) is 0. The third kappa shape index (κ3) is 2.97. The molecule has 96 valence electrons. The number of hydrogen-bond donors (Lipinski definition) is 1. The van der Waals surface area contributed by atoms with Gasteiger partial charge in [0.1, 0.15) is 0 Å². The Morgan fingerprint density at radius 2 is 1.82 bits per heavy atom. The van der Waals surface area contributed by atoms with Crippen LogP contribution in [0.15, 0.2) is 0 Å². The number of carbonyl (C=O) groups is 2. The summed E-state index contributed by atoms with van der Waals surface area (Å²) in [6, 6.07) is 0. The average Bonchev–Trinajstić information content (AvgIpc) is 2.71. The molecule has 5 heteroatoms. The second-order valence-electron chi connectivity index (χ2n) is 4.87. The van der Waals surface area contributed by atoms with E-state index < -0.39 is 0 Å². The molecule has 5 nitrogen and oxygen atoms in total. The van der Waals surface area contributed by atoms with Crippen molar-refractivity contribution in [2.45, 2.75) is 19.8 Å². The van der Waals surface area contributed by atoms with Crippen LogP contribution < -0.4 is 5.32 Å². The zero-order valence-corrected chi connectivity index (χ0v) is 10.4. The van der Waals surface area contributed by atoms with E-state index in [9.17, 15) is 9.59 Å². The van der Waals surface area contributed by atoms with Crippen molar-refractivity contribution >= 4 is 11.8 Å². The lowest BCUT2D eigenvalue weighted by molar-refractivity contribution is -0.135. The number of carbonyl (C=O) groups excluding carboxylic acids is 2. The smallest absolute Gasteiger partial charge is 0.227 e. The van der Waals surface area contributed by atoms with Crippen LogP contribution in [-0.4, -0.2) is 60.9 Å². The van der Waals surface area contributed by atoms with E-state index in [1.807, 2.05) is 9.80 Å². The van der Waals surface area contributed by atoms with E-state index in [0.717, 1.165) is 39.0 Å². The van der Waals surface area contributed by atoms with Crippen LogP contribution in [0.5, 0.6) is 0 Å². The molecule has 1 N–H and O–H groups in total. The molecule has 0 spiro atoms. The third-order valence-corrected chi connectivity index (χ3v) is 3.66. The maximum atomic E-state index is 12.2. The van der Waals surface area contributed by atoms with Crippen LogP contribution in [0.25, 0.3) is 0 Å². The molecule has 2 heterocycles. The largest absolute Gasteiger partial charge is 0.341 e. The lowest BCUT2D eigenvalue weighted by Gasteiger charge is -2.23. The van der Waals surface area contributed by atoms with E-state index in [1.165, 1.54) is 0 Å². The molecule has 0 aromatic rings. The molecule has 2 aliphatic heterocycles. The molecule has 2 aliphatic rings. The van der Waals surface area contributed by atoms with Crippen LogP contribution >= 0.6 is 0 Å². The molecule has 1 unspecified atom stereocenters. The van der Waals surface area contributed by atoms with Gasteiger partial charge in [0.15, 0.2) is 0 Å². The molecular formula is C12H21N3O2. The molecule has 0 aromatic carbocycles. The number of hydrogen-bond acceptors (Lipinski definition) is 3. The number of nitrogens with one attached hydrogen (secondary N) is 1. The van der Waals surface area contributed by atoms with Crippen LogP contribution in [0.2, 0.25) is 0 Å². The van der Waals surface area contributed by atoms with Crippen LogP contribution in [0, 0.1) is 5.92 Å². The van der Waals surface area contributed by atoms with E-state index in [2.05, 4.69) is 5.32 Å². The van der Waals surface area contributed by atoms with Crippen LogP contribution in [0.1, 0.15) is 19.8 Å². The number of nitrogens with zero attached hydrogens (tertiary/aromatic N) is 2. The Labute approximate surface area is 102 Å². The van der Waals surface area contributed by atoms with E-state index in [0.29, 0.717) is 13.1 Å². The highest BCUT2D eigenvalue weighted by molar-refractivity contribution is 5.79. The minimum absolute atomic E-state index is 0.113. The normalized spacial score (nSPS) is 25.8. The van der Waals surface area contributed by atoms with E-state index >= 15 is 0 Å². The lowest BCUT2D eigenvalue weighted by atomic mass is 10.1. The van der Waals surface area contributed by atoms with Crippen molar-refractivity contribution < 1.29 is 9.59 Å². The van der Waals surface area contributed by atoms with Gasteiger partial charge >= 0.3 is 0 Å². The fourth-order valence-corrected chi connectivity index (χ4v) is 2.58. The van der Waals surface area contributed by atoms with Gasteiger partial charge in [-0.1, -0.05) is 0 Å². The van der Waals surface area contributed by atoms with Crippen LogP contribution in [-0.2, 0) is 9.59 Å². The highest BCUT2D eigenvalue weighted by Gasteiger charge is 2.28. The van der Waals surface area contributed by atoms with Crippen molar-refractivity contribution in [2.75, 3.05) is 39.3 Å². The first-order valence-electron chi connectivity index (χ1n) is 6.43. The summed E-state index contributed by atoms with van der Waals surface area (Å²) in [5.74, 6) is 0.529. The molecule has 0 aliphatic carbocycles. The van der Waals surface area contributed by atoms with Gasteiger partial charge < -0.3 is 15.1 Å². The molecule has 2 rings (SSSR count). The number of amides is 2. The first-order chi connectivity index (χ1) is 8.18. The maximum Gasteiger partial charge on any atom is 0.227 e.